The molecule has 20 heavy (non-hydrogen) atoms. The van der Waals surface area contributed by atoms with E-state index in [4.69, 9.17) is 5.73 Å². The summed E-state index contributed by atoms with van der Waals surface area (Å²) in [7, 11) is 0. The van der Waals surface area contributed by atoms with Gasteiger partial charge in [-0.25, -0.2) is 0 Å². The Hall–Kier alpha value is -1.90. The second-order valence-corrected chi connectivity index (χ2v) is 5.16. The number of hydrogen-bond acceptors (Lipinski definition) is 2. The summed E-state index contributed by atoms with van der Waals surface area (Å²) in [6.07, 6.45) is 3.24. The summed E-state index contributed by atoms with van der Waals surface area (Å²) in [6, 6.07) is 16.4. The van der Waals surface area contributed by atoms with Crippen molar-refractivity contribution in [1.82, 2.24) is 0 Å². The van der Waals surface area contributed by atoms with Crippen LogP contribution in [0.3, 0.4) is 0 Å². The molecule has 0 bridgehead atoms. The molecule has 1 unspecified atom stereocenters. The molecule has 0 saturated carbocycles. The van der Waals surface area contributed by atoms with E-state index < -0.39 is 6.10 Å². The Morgan fingerprint density at radius 3 is 2.55 bits per heavy atom. The lowest BCUT2D eigenvalue weighted by Gasteiger charge is -2.12. The van der Waals surface area contributed by atoms with Gasteiger partial charge in [0.15, 0.2) is 0 Å². The molecule has 0 aromatic heterocycles. The molecule has 0 fully saturated rings. The highest BCUT2D eigenvalue weighted by Gasteiger charge is 2.22. The smallest absolute Gasteiger partial charge is 0.0836 e. The van der Waals surface area contributed by atoms with E-state index >= 15 is 0 Å². The van der Waals surface area contributed by atoms with Gasteiger partial charge in [0.25, 0.3) is 0 Å². The standard InChI is InChI=1S/C18H19NO/c19-11-5-10-15-14-7-2-1-6-13(14)12-18(20)17-9-4-3-8-16(15)17/h1-4,6-10,18,20H,5,11-12,19H2/b15-10+. The zero-order chi connectivity index (χ0) is 13.9. The van der Waals surface area contributed by atoms with Crippen LogP contribution in [0, 0.1) is 0 Å². The van der Waals surface area contributed by atoms with Crippen LogP contribution in [-0.2, 0) is 6.42 Å². The third-order valence-electron chi connectivity index (χ3n) is 3.85. The highest BCUT2D eigenvalue weighted by molar-refractivity contribution is 5.84. The molecule has 0 amide bonds. The number of fused-ring (bicyclic) bond motifs is 2. The molecular weight excluding hydrogens is 246 g/mol. The molecular formula is C18H19NO. The van der Waals surface area contributed by atoms with Gasteiger partial charge in [-0.2, -0.15) is 0 Å². The number of nitrogens with two attached hydrogens (primary N) is 1. The molecule has 2 heteroatoms. The Labute approximate surface area is 119 Å². The predicted molar refractivity (Wildman–Crippen MR) is 82.3 cm³/mol. The quantitative estimate of drug-likeness (QED) is 0.876. The van der Waals surface area contributed by atoms with E-state index in [1.165, 1.54) is 16.7 Å². The molecule has 102 valence electrons. The first-order valence-electron chi connectivity index (χ1n) is 7.07. The molecule has 0 saturated heterocycles. The number of hydrogen-bond donors (Lipinski definition) is 2. The van der Waals surface area contributed by atoms with Crippen molar-refractivity contribution in [3.8, 4) is 0 Å². The Kier molecular flexibility index (Phi) is 3.68. The number of aliphatic hydroxyl groups excluding tert-OH is 1. The Bertz CT molecular complexity index is 645. The minimum Gasteiger partial charge on any atom is -0.388 e. The van der Waals surface area contributed by atoms with Crippen molar-refractivity contribution in [3.05, 3.63) is 76.9 Å². The Morgan fingerprint density at radius 2 is 1.75 bits per heavy atom. The van der Waals surface area contributed by atoms with Crippen LogP contribution in [0.15, 0.2) is 54.6 Å². The maximum absolute atomic E-state index is 10.5. The van der Waals surface area contributed by atoms with Crippen LogP contribution < -0.4 is 5.73 Å². The van der Waals surface area contributed by atoms with Gasteiger partial charge in [-0.05, 0) is 40.8 Å². The van der Waals surface area contributed by atoms with Crippen LogP contribution in [0.1, 0.15) is 34.8 Å². The molecule has 1 aliphatic rings. The maximum Gasteiger partial charge on any atom is 0.0836 e. The predicted octanol–water partition coefficient (Wildman–Crippen LogP) is 3.06. The first-order valence-corrected chi connectivity index (χ1v) is 7.07. The minimum absolute atomic E-state index is 0.448. The summed E-state index contributed by atoms with van der Waals surface area (Å²) < 4.78 is 0. The van der Waals surface area contributed by atoms with Gasteiger partial charge in [0.1, 0.15) is 0 Å². The fourth-order valence-corrected chi connectivity index (χ4v) is 2.90. The van der Waals surface area contributed by atoms with Crippen LogP contribution in [0.5, 0.6) is 0 Å². The van der Waals surface area contributed by atoms with Crippen molar-refractivity contribution in [2.24, 2.45) is 5.73 Å². The van der Waals surface area contributed by atoms with Crippen LogP contribution >= 0.6 is 0 Å². The lowest BCUT2D eigenvalue weighted by atomic mass is 9.93. The first kappa shape index (κ1) is 13.1. The molecule has 2 nitrogen and oxygen atoms in total. The summed E-state index contributed by atoms with van der Waals surface area (Å²) in [5.41, 5.74) is 11.4. The van der Waals surface area contributed by atoms with E-state index in [-0.39, 0.29) is 0 Å². The number of aliphatic hydroxyl groups is 1. The van der Waals surface area contributed by atoms with Gasteiger partial charge in [0.2, 0.25) is 0 Å². The van der Waals surface area contributed by atoms with Crippen LogP contribution in [0.25, 0.3) is 5.57 Å². The molecule has 0 heterocycles. The van der Waals surface area contributed by atoms with E-state index in [2.05, 4.69) is 30.3 Å². The summed E-state index contributed by atoms with van der Waals surface area (Å²) >= 11 is 0. The van der Waals surface area contributed by atoms with Crippen LogP contribution in [0.2, 0.25) is 0 Å². The van der Waals surface area contributed by atoms with E-state index in [0.29, 0.717) is 13.0 Å². The highest BCUT2D eigenvalue weighted by atomic mass is 16.3. The third-order valence-corrected chi connectivity index (χ3v) is 3.85. The topological polar surface area (TPSA) is 46.2 Å². The number of rotatable bonds is 2. The van der Waals surface area contributed by atoms with Gasteiger partial charge in [-0.15, -0.1) is 0 Å². The van der Waals surface area contributed by atoms with E-state index in [0.717, 1.165) is 17.5 Å². The number of benzene rings is 2. The fourth-order valence-electron chi connectivity index (χ4n) is 2.90. The molecule has 0 radical (unpaired) electrons. The molecule has 2 aromatic rings. The summed E-state index contributed by atoms with van der Waals surface area (Å²) in [5, 5.41) is 10.5. The average Bonchev–Trinajstić information content (AvgIpc) is 2.60. The van der Waals surface area contributed by atoms with E-state index in [9.17, 15) is 5.11 Å². The molecule has 3 N–H and O–H groups in total. The van der Waals surface area contributed by atoms with Crippen molar-refractivity contribution in [2.45, 2.75) is 18.9 Å². The molecule has 1 aliphatic carbocycles. The van der Waals surface area contributed by atoms with Gasteiger partial charge >= 0.3 is 0 Å². The summed E-state index contributed by atoms with van der Waals surface area (Å²) in [5.74, 6) is 0. The molecule has 0 aliphatic heterocycles. The van der Waals surface area contributed by atoms with Gasteiger partial charge in [-0.1, -0.05) is 54.6 Å². The highest BCUT2D eigenvalue weighted by Crippen LogP contribution is 2.37. The van der Waals surface area contributed by atoms with Gasteiger partial charge in [-0.3, -0.25) is 0 Å². The van der Waals surface area contributed by atoms with Crippen molar-refractivity contribution >= 4 is 5.57 Å². The summed E-state index contributed by atoms with van der Waals surface area (Å²) in [4.78, 5) is 0. The summed E-state index contributed by atoms with van der Waals surface area (Å²) in [6.45, 7) is 0.635. The molecule has 2 aromatic carbocycles. The molecule has 0 spiro atoms. The minimum atomic E-state index is -0.448. The average molecular weight is 265 g/mol. The van der Waals surface area contributed by atoms with Crippen molar-refractivity contribution < 1.29 is 5.11 Å². The maximum atomic E-state index is 10.5. The lowest BCUT2D eigenvalue weighted by Crippen LogP contribution is -2.01. The van der Waals surface area contributed by atoms with Crippen molar-refractivity contribution in [3.63, 3.8) is 0 Å². The zero-order valence-corrected chi connectivity index (χ0v) is 11.4. The van der Waals surface area contributed by atoms with E-state index in [1.807, 2.05) is 24.3 Å². The molecule has 1 atom stereocenters. The Morgan fingerprint density at radius 1 is 1.05 bits per heavy atom. The SMILES string of the molecule is NCC/C=C1\c2ccccc2CC(O)c2ccccc21. The van der Waals surface area contributed by atoms with Crippen molar-refractivity contribution in [2.75, 3.05) is 6.54 Å². The largest absolute Gasteiger partial charge is 0.388 e. The van der Waals surface area contributed by atoms with Crippen molar-refractivity contribution in [1.29, 1.82) is 0 Å². The molecule has 3 rings (SSSR count). The van der Waals surface area contributed by atoms with E-state index in [1.54, 1.807) is 0 Å². The second-order valence-electron chi connectivity index (χ2n) is 5.16. The van der Waals surface area contributed by atoms with Crippen LogP contribution in [-0.4, -0.2) is 11.7 Å². The lowest BCUT2D eigenvalue weighted by molar-refractivity contribution is 0.179. The van der Waals surface area contributed by atoms with Gasteiger partial charge in [0.05, 0.1) is 6.10 Å². The first-order chi connectivity index (χ1) is 9.81. The zero-order valence-electron chi connectivity index (χ0n) is 11.4. The monoisotopic (exact) mass is 265 g/mol. The van der Waals surface area contributed by atoms with Gasteiger partial charge in [0, 0.05) is 6.42 Å². The van der Waals surface area contributed by atoms with Gasteiger partial charge < -0.3 is 10.8 Å². The second kappa shape index (κ2) is 5.61. The Balaban J connectivity index is 2.24. The third kappa shape index (κ3) is 2.28. The van der Waals surface area contributed by atoms with Crippen LogP contribution in [0.4, 0.5) is 0 Å². The normalized spacial score (nSPS) is 19.3. The fraction of sp³-hybridized carbons (Fsp3) is 0.222.